The summed E-state index contributed by atoms with van der Waals surface area (Å²) in [4.78, 5) is 0. The molecule has 1 unspecified atom stereocenters. The molecule has 0 aromatic heterocycles. The van der Waals surface area contributed by atoms with Crippen molar-refractivity contribution in [2.75, 3.05) is 6.61 Å². The van der Waals surface area contributed by atoms with Crippen LogP contribution < -0.4 is 5.73 Å². The maximum atomic E-state index is 5.37. The molecule has 0 saturated carbocycles. The third kappa shape index (κ3) is 0.698. The molecule has 0 amide bonds. The lowest BCUT2D eigenvalue weighted by molar-refractivity contribution is 0.382. The van der Waals surface area contributed by atoms with Crippen molar-refractivity contribution >= 4 is 0 Å². The summed E-state index contributed by atoms with van der Waals surface area (Å²) in [6, 6.07) is 0.241. The molecule has 1 saturated heterocycles. The summed E-state index contributed by atoms with van der Waals surface area (Å²) in [5.41, 5.74) is 5.37. The lowest BCUT2D eigenvalue weighted by atomic mass is 10.3. The van der Waals surface area contributed by atoms with Crippen molar-refractivity contribution in [1.29, 1.82) is 0 Å². The molecule has 1 aliphatic heterocycles. The lowest BCUT2D eigenvalue weighted by Crippen LogP contribution is -2.21. The molecule has 6 heavy (non-hydrogen) atoms. The molecule has 0 aliphatic carbocycles. The summed E-state index contributed by atoms with van der Waals surface area (Å²) in [6.45, 7) is 2.83. The van der Waals surface area contributed by atoms with Crippen LogP contribution in [0.25, 0.3) is 0 Å². The molecular formula is C4H9NO. The van der Waals surface area contributed by atoms with Crippen LogP contribution in [0, 0.1) is 0 Å². The van der Waals surface area contributed by atoms with Gasteiger partial charge in [0.1, 0.15) is 0 Å². The smallest absolute Gasteiger partial charge is 0.0957 e. The first-order valence-electron chi connectivity index (χ1n) is 2.18. The average molecular weight is 87.1 g/mol. The fourth-order valence-electron chi connectivity index (χ4n) is 0.359. The number of hydrogen-bond donors (Lipinski definition) is 1. The van der Waals surface area contributed by atoms with Gasteiger partial charge in [0.25, 0.3) is 0 Å². The molecule has 0 aromatic carbocycles. The van der Waals surface area contributed by atoms with Gasteiger partial charge in [-0.3, -0.25) is 0 Å². The van der Waals surface area contributed by atoms with Gasteiger partial charge >= 0.3 is 0 Å². The maximum Gasteiger partial charge on any atom is 0.0957 e. The maximum absolute atomic E-state index is 5.37. The molecule has 0 spiro atoms. The van der Waals surface area contributed by atoms with E-state index in [4.69, 9.17) is 10.5 Å². The average Bonchev–Trinajstić information content (AvgIpc) is 2.06. The minimum Gasteiger partial charge on any atom is -0.371 e. The van der Waals surface area contributed by atoms with Gasteiger partial charge in [-0.15, -0.1) is 0 Å². The van der Waals surface area contributed by atoms with Crippen molar-refractivity contribution < 1.29 is 4.74 Å². The van der Waals surface area contributed by atoms with Crippen LogP contribution >= 0.6 is 0 Å². The van der Waals surface area contributed by atoms with Crippen LogP contribution in [0.3, 0.4) is 0 Å². The van der Waals surface area contributed by atoms with Crippen LogP contribution in [0.4, 0.5) is 0 Å². The van der Waals surface area contributed by atoms with Crippen LogP contribution in [0.15, 0.2) is 0 Å². The summed E-state index contributed by atoms with van der Waals surface area (Å²) in [7, 11) is 0. The fraction of sp³-hybridized carbons (Fsp3) is 1.00. The SMILES string of the molecule is C[C@H](N)C1CO1. The van der Waals surface area contributed by atoms with Gasteiger partial charge in [-0.25, -0.2) is 0 Å². The Labute approximate surface area is 37.3 Å². The van der Waals surface area contributed by atoms with Gasteiger partial charge < -0.3 is 10.5 Å². The molecule has 1 heterocycles. The normalized spacial score (nSPS) is 36.0. The Kier molecular flexibility index (Phi) is 0.821. The third-order valence-corrected chi connectivity index (χ3v) is 0.946. The highest BCUT2D eigenvalue weighted by molar-refractivity contribution is 4.77. The summed E-state index contributed by atoms with van der Waals surface area (Å²) >= 11 is 0. The number of hydrogen-bond acceptors (Lipinski definition) is 2. The molecule has 2 N–H and O–H groups in total. The second-order valence-corrected chi connectivity index (χ2v) is 1.73. The molecule has 1 aliphatic rings. The van der Waals surface area contributed by atoms with Crippen LogP contribution in [0.5, 0.6) is 0 Å². The summed E-state index contributed by atoms with van der Waals surface area (Å²) in [5, 5.41) is 0. The summed E-state index contributed by atoms with van der Waals surface area (Å²) < 4.78 is 4.84. The molecule has 2 nitrogen and oxygen atoms in total. The zero-order chi connectivity index (χ0) is 4.57. The third-order valence-electron chi connectivity index (χ3n) is 0.946. The van der Waals surface area contributed by atoms with E-state index in [0.717, 1.165) is 6.61 Å². The Balaban J connectivity index is 2.13. The zero-order valence-electron chi connectivity index (χ0n) is 3.85. The quantitative estimate of drug-likeness (QED) is 0.447. The van der Waals surface area contributed by atoms with E-state index in [2.05, 4.69) is 0 Å². The molecular weight excluding hydrogens is 78.0 g/mol. The molecule has 0 aromatic rings. The van der Waals surface area contributed by atoms with E-state index >= 15 is 0 Å². The number of nitrogens with two attached hydrogens (primary N) is 1. The topological polar surface area (TPSA) is 38.5 Å². The molecule has 1 rings (SSSR count). The largest absolute Gasteiger partial charge is 0.371 e. The van der Waals surface area contributed by atoms with Crippen molar-refractivity contribution in [3.05, 3.63) is 0 Å². The van der Waals surface area contributed by atoms with Gasteiger partial charge in [0.05, 0.1) is 12.7 Å². The minimum absolute atomic E-state index is 0.241. The highest BCUT2D eigenvalue weighted by Gasteiger charge is 2.25. The zero-order valence-corrected chi connectivity index (χ0v) is 3.85. The standard InChI is InChI=1S/C4H9NO/c1-3(5)4-2-6-4/h3-4H,2,5H2,1H3/t3-,4?/m0/s1. The summed E-state index contributed by atoms with van der Waals surface area (Å²) in [6.07, 6.45) is 0.380. The molecule has 1 fully saturated rings. The first-order chi connectivity index (χ1) is 2.80. The van der Waals surface area contributed by atoms with Crippen molar-refractivity contribution in [3.8, 4) is 0 Å². The molecule has 36 valence electrons. The van der Waals surface area contributed by atoms with Crippen molar-refractivity contribution in [1.82, 2.24) is 0 Å². The van der Waals surface area contributed by atoms with Gasteiger partial charge in [-0.05, 0) is 6.92 Å². The van der Waals surface area contributed by atoms with Crippen LogP contribution in [-0.4, -0.2) is 18.8 Å². The first kappa shape index (κ1) is 4.09. The predicted octanol–water partition coefficient (Wildman–Crippen LogP) is -0.268. The highest BCUT2D eigenvalue weighted by atomic mass is 16.6. The molecule has 2 atom stereocenters. The van der Waals surface area contributed by atoms with Crippen molar-refractivity contribution in [3.63, 3.8) is 0 Å². The second-order valence-electron chi connectivity index (χ2n) is 1.73. The van der Waals surface area contributed by atoms with Crippen molar-refractivity contribution in [2.45, 2.75) is 19.1 Å². The van der Waals surface area contributed by atoms with Crippen LogP contribution in [-0.2, 0) is 4.74 Å². The summed E-state index contributed by atoms with van der Waals surface area (Å²) in [5.74, 6) is 0. The Morgan fingerprint density at radius 1 is 2.00 bits per heavy atom. The minimum atomic E-state index is 0.241. The van der Waals surface area contributed by atoms with E-state index in [1.54, 1.807) is 0 Å². The van der Waals surface area contributed by atoms with E-state index in [-0.39, 0.29) is 6.04 Å². The van der Waals surface area contributed by atoms with E-state index in [0.29, 0.717) is 6.10 Å². The van der Waals surface area contributed by atoms with E-state index in [1.165, 1.54) is 0 Å². The second kappa shape index (κ2) is 1.21. The number of epoxide rings is 1. The van der Waals surface area contributed by atoms with Gasteiger partial charge in [0.15, 0.2) is 0 Å². The van der Waals surface area contributed by atoms with E-state index in [1.807, 2.05) is 6.92 Å². The molecule has 2 heteroatoms. The Bertz CT molecular complexity index is 49.5. The van der Waals surface area contributed by atoms with E-state index in [9.17, 15) is 0 Å². The van der Waals surface area contributed by atoms with Crippen LogP contribution in [0.1, 0.15) is 6.92 Å². The fourth-order valence-corrected chi connectivity index (χ4v) is 0.359. The predicted molar refractivity (Wildman–Crippen MR) is 23.4 cm³/mol. The Hall–Kier alpha value is -0.0800. The number of rotatable bonds is 1. The van der Waals surface area contributed by atoms with Gasteiger partial charge in [0.2, 0.25) is 0 Å². The Morgan fingerprint density at radius 2 is 2.50 bits per heavy atom. The number of ether oxygens (including phenoxy) is 1. The van der Waals surface area contributed by atoms with Gasteiger partial charge in [-0.1, -0.05) is 0 Å². The van der Waals surface area contributed by atoms with Gasteiger partial charge in [-0.2, -0.15) is 0 Å². The molecule has 0 bridgehead atoms. The monoisotopic (exact) mass is 87.1 g/mol. The van der Waals surface area contributed by atoms with Gasteiger partial charge in [0, 0.05) is 6.04 Å². The first-order valence-corrected chi connectivity index (χ1v) is 2.18. The Morgan fingerprint density at radius 3 is 2.50 bits per heavy atom. The molecule has 0 radical (unpaired) electrons. The van der Waals surface area contributed by atoms with Crippen LogP contribution in [0.2, 0.25) is 0 Å². The van der Waals surface area contributed by atoms with Crippen molar-refractivity contribution in [2.24, 2.45) is 5.73 Å². The van der Waals surface area contributed by atoms with E-state index < -0.39 is 0 Å². The highest BCUT2D eigenvalue weighted by Crippen LogP contribution is 2.10. The lowest BCUT2D eigenvalue weighted by Gasteiger charge is -1.92.